The first-order valence-electron chi connectivity index (χ1n) is 10.1. The Hall–Kier alpha value is -3.22. The molecule has 5 nitrogen and oxygen atoms in total. The number of thiocarbonyl (C=S) groups is 1. The SMILES string of the molecule is Cc1ccc(C(=O)NC(=S)Nc2ccc(Cl)c(-c3nc4cc(C)cc(C)c4o3)c2)c(C)c1. The number of nitrogens with zero attached hydrogens (tertiary/aromatic N) is 1. The molecule has 1 aromatic heterocycles. The monoisotopic (exact) mass is 463 g/mol. The maximum atomic E-state index is 12.6. The number of benzene rings is 3. The minimum atomic E-state index is -0.265. The normalized spacial score (nSPS) is 10.9. The van der Waals surface area contributed by atoms with Gasteiger partial charge >= 0.3 is 0 Å². The first-order valence-corrected chi connectivity index (χ1v) is 10.9. The largest absolute Gasteiger partial charge is 0.436 e. The molecular formula is C25H22ClN3O2S. The smallest absolute Gasteiger partial charge is 0.257 e. The number of rotatable bonds is 3. The van der Waals surface area contributed by atoms with Crippen molar-refractivity contribution < 1.29 is 9.21 Å². The van der Waals surface area contributed by atoms with E-state index in [0.29, 0.717) is 27.7 Å². The number of aryl methyl sites for hydroxylation is 4. The van der Waals surface area contributed by atoms with Crippen LogP contribution in [0.2, 0.25) is 5.02 Å². The van der Waals surface area contributed by atoms with E-state index in [-0.39, 0.29) is 11.0 Å². The van der Waals surface area contributed by atoms with E-state index < -0.39 is 0 Å². The highest BCUT2D eigenvalue weighted by Crippen LogP contribution is 2.33. The van der Waals surface area contributed by atoms with Crippen molar-refractivity contribution in [2.75, 3.05) is 5.32 Å². The van der Waals surface area contributed by atoms with Gasteiger partial charge in [-0.1, -0.05) is 35.4 Å². The van der Waals surface area contributed by atoms with E-state index in [9.17, 15) is 4.79 Å². The van der Waals surface area contributed by atoms with Gasteiger partial charge in [0.2, 0.25) is 5.89 Å². The molecule has 0 radical (unpaired) electrons. The van der Waals surface area contributed by atoms with Gasteiger partial charge in [-0.15, -0.1) is 0 Å². The fourth-order valence-electron chi connectivity index (χ4n) is 3.66. The Balaban J connectivity index is 1.56. The van der Waals surface area contributed by atoms with Crippen LogP contribution < -0.4 is 10.6 Å². The number of nitrogens with one attached hydrogen (secondary N) is 2. The summed E-state index contributed by atoms with van der Waals surface area (Å²) >= 11 is 11.8. The van der Waals surface area contributed by atoms with Crippen molar-refractivity contribution in [3.8, 4) is 11.5 Å². The highest BCUT2D eigenvalue weighted by Gasteiger charge is 2.16. The van der Waals surface area contributed by atoms with Crippen LogP contribution in [0, 0.1) is 27.7 Å². The quantitative estimate of drug-likeness (QED) is 0.339. The van der Waals surface area contributed by atoms with Gasteiger partial charge in [0, 0.05) is 11.3 Å². The number of halogens is 1. The Morgan fingerprint density at radius 2 is 1.72 bits per heavy atom. The number of amides is 1. The van der Waals surface area contributed by atoms with E-state index >= 15 is 0 Å². The van der Waals surface area contributed by atoms with Gasteiger partial charge < -0.3 is 9.73 Å². The lowest BCUT2D eigenvalue weighted by atomic mass is 10.1. The maximum absolute atomic E-state index is 12.6. The Morgan fingerprint density at radius 3 is 2.47 bits per heavy atom. The average Bonchev–Trinajstić information content (AvgIpc) is 3.13. The Labute approximate surface area is 196 Å². The first kappa shape index (κ1) is 22.0. The molecule has 32 heavy (non-hydrogen) atoms. The summed E-state index contributed by atoms with van der Waals surface area (Å²) in [5, 5.41) is 6.45. The third-order valence-electron chi connectivity index (χ3n) is 5.13. The van der Waals surface area contributed by atoms with Crippen LogP contribution in [0.5, 0.6) is 0 Å². The van der Waals surface area contributed by atoms with Crippen LogP contribution in [-0.2, 0) is 0 Å². The molecule has 0 bridgehead atoms. The van der Waals surface area contributed by atoms with Crippen LogP contribution in [0.4, 0.5) is 5.69 Å². The van der Waals surface area contributed by atoms with Gasteiger partial charge in [0.05, 0.1) is 10.6 Å². The van der Waals surface area contributed by atoms with Crippen molar-refractivity contribution >= 4 is 51.6 Å². The van der Waals surface area contributed by atoms with Gasteiger partial charge in [0.15, 0.2) is 10.7 Å². The lowest BCUT2D eigenvalue weighted by Crippen LogP contribution is -2.34. The maximum Gasteiger partial charge on any atom is 0.257 e. The molecule has 0 aliphatic heterocycles. The summed E-state index contributed by atoms with van der Waals surface area (Å²) in [7, 11) is 0. The fourth-order valence-corrected chi connectivity index (χ4v) is 4.07. The van der Waals surface area contributed by atoms with Gasteiger partial charge in [0.25, 0.3) is 5.91 Å². The van der Waals surface area contributed by atoms with Gasteiger partial charge in [-0.2, -0.15) is 0 Å². The molecule has 0 aliphatic carbocycles. The third-order valence-corrected chi connectivity index (χ3v) is 5.66. The Bertz CT molecular complexity index is 1380. The van der Waals surface area contributed by atoms with Crippen LogP contribution in [0.3, 0.4) is 0 Å². The second-order valence-electron chi connectivity index (χ2n) is 7.87. The Kier molecular flexibility index (Phi) is 6.00. The molecular weight excluding hydrogens is 442 g/mol. The van der Waals surface area contributed by atoms with Crippen molar-refractivity contribution in [2.45, 2.75) is 27.7 Å². The standard InChI is InChI=1S/C25H22ClN3O2S/c1-13-5-7-18(15(3)9-13)23(30)29-25(32)27-17-6-8-20(26)19(12-17)24-28-21-11-14(2)10-16(4)22(21)31-24/h5-12H,1-4H3,(H2,27,29,30,32). The molecule has 0 fully saturated rings. The molecule has 0 aliphatic rings. The highest BCUT2D eigenvalue weighted by atomic mass is 35.5. The van der Waals surface area contributed by atoms with Crippen molar-refractivity contribution in [2.24, 2.45) is 0 Å². The number of carbonyl (C=O) groups excluding carboxylic acids is 1. The summed E-state index contributed by atoms with van der Waals surface area (Å²) in [6.45, 7) is 7.89. The first-order chi connectivity index (χ1) is 15.2. The number of hydrogen-bond donors (Lipinski definition) is 2. The Morgan fingerprint density at radius 1 is 0.969 bits per heavy atom. The van der Waals surface area contributed by atoms with Crippen LogP contribution in [0.25, 0.3) is 22.6 Å². The number of fused-ring (bicyclic) bond motifs is 1. The van der Waals surface area contributed by atoms with Gasteiger partial charge in [0.1, 0.15) is 5.52 Å². The summed E-state index contributed by atoms with van der Waals surface area (Å²) in [4.78, 5) is 17.2. The van der Waals surface area contributed by atoms with Crippen LogP contribution in [-0.4, -0.2) is 16.0 Å². The summed E-state index contributed by atoms with van der Waals surface area (Å²) in [5.74, 6) is 0.159. The second-order valence-corrected chi connectivity index (χ2v) is 8.69. The van der Waals surface area contributed by atoms with E-state index in [0.717, 1.165) is 33.4 Å². The van der Waals surface area contributed by atoms with Crippen molar-refractivity contribution in [1.82, 2.24) is 10.3 Å². The number of carbonyl (C=O) groups is 1. The van der Waals surface area contributed by atoms with E-state index in [2.05, 4.69) is 15.6 Å². The molecule has 0 saturated carbocycles. The van der Waals surface area contributed by atoms with Crippen molar-refractivity contribution in [1.29, 1.82) is 0 Å². The predicted octanol–water partition coefficient (Wildman–Crippen LogP) is 6.51. The molecule has 3 aromatic carbocycles. The molecule has 1 heterocycles. The van der Waals surface area contributed by atoms with E-state index in [1.807, 2.05) is 52.0 Å². The molecule has 162 valence electrons. The average molecular weight is 464 g/mol. The lowest BCUT2D eigenvalue weighted by molar-refractivity contribution is 0.0977. The van der Waals surface area contributed by atoms with Gasteiger partial charge in [-0.25, -0.2) is 4.98 Å². The molecule has 7 heteroatoms. The van der Waals surface area contributed by atoms with Crippen LogP contribution >= 0.6 is 23.8 Å². The van der Waals surface area contributed by atoms with Crippen molar-refractivity contribution in [3.63, 3.8) is 0 Å². The van der Waals surface area contributed by atoms with Crippen LogP contribution in [0.15, 0.2) is 52.9 Å². The number of aromatic nitrogens is 1. The third kappa shape index (κ3) is 4.52. The lowest BCUT2D eigenvalue weighted by Gasteiger charge is -2.12. The topological polar surface area (TPSA) is 67.2 Å². The molecule has 4 aromatic rings. The van der Waals surface area contributed by atoms with Crippen molar-refractivity contribution in [3.05, 3.63) is 81.4 Å². The number of hydrogen-bond acceptors (Lipinski definition) is 4. The van der Waals surface area contributed by atoms with E-state index in [1.54, 1.807) is 24.3 Å². The summed E-state index contributed by atoms with van der Waals surface area (Å²) in [6, 6.07) is 15.0. The van der Waals surface area contributed by atoms with Crippen LogP contribution in [0.1, 0.15) is 32.6 Å². The molecule has 0 saturated heterocycles. The highest BCUT2D eigenvalue weighted by molar-refractivity contribution is 7.80. The second kappa shape index (κ2) is 8.73. The molecule has 0 atom stereocenters. The summed E-state index contributed by atoms with van der Waals surface area (Å²) < 4.78 is 6.00. The number of oxazole rings is 1. The molecule has 4 rings (SSSR count). The van der Waals surface area contributed by atoms with E-state index in [1.165, 1.54) is 0 Å². The van der Waals surface area contributed by atoms with Gasteiger partial charge in [-0.3, -0.25) is 10.1 Å². The summed E-state index contributed by atoms with van der Waals surface area (Å²) in [6.07, 6.45) is 0. The van der Waals surface area contributed by atoms with E-state index in [4.69, 9.17) is 28.2 Å². The fraction of sp³-hybridized carbons (Fsp3) is 0.160. The van der Waals surface area contributed by atoms with Gasteiger partial charge in [-0.05, 0) is 86.9 Å². The number of anilines is 1. The molecule has 2 N–H and O–H groups in total. The molecule has 0 unspecified atom stereocenters. The zero-order chi connectivity index (χ0) is 23.0. The molecule has 0 spiro atoms. The minimum Gasteiger partial charge on any atom is -0.436 e. The predicted molar refractivity (Wildman–Crippen MR) is 134 cm³/mol. The molecule has 1 amide bonds. The zero-order valence-corrected chi connectivity index (χ0v) is 19.7. The minimum absolute atomic E-state index is 0.187. The zero-order valence-electron chi connectivity index (χ0n) is 18.2. The summed E-state index contributed by atoms with van der Waals surface area (Å²) in [5.41, 5.74) is 7.49.